The number of hydrogen-bond donors (Lipinski definition) is 1. The maximum Gasteiger partial charge on any atom is 0.121 e. The molecule has 14 heavy (non-hydrogen) atoms. The molecule has 0 aliphatic carbocycles. The summed E-state index contributed by atoms with van der Waals surface area (Å²) in [6.45, 7) is 0.840. The average Bonchev–Trinajstić information content (AvgIpc) is 2.44. The monoisotopic (exact) mass is 253 g/mol. The van der Waals surface area contributed by atoms with Gasteiger partial charge >= 0.3 is 0 Å². The lowest BCUT2D eigenvalue weighted by Crippen LogP contribution is -2.11. The highest BCUT2D eigenvalue weighted by Crippen LogP contribution is 2.17. The van der Waals surface area contributed by atoms with E-state index in [9.17, 15) is 0 Å². The third-order valence-corrected chi connectivity index (χ3v) is 2.45. The molecular weight excluding hydrogens is 242 g/mol. The summed E-state index contributed by atoms with van der Waals surface area (Å²) >= 11 is 3.43. The highest BCUT2D eigenvalue weighted by Gasteiger charge is 2.03. The van der Waals surface area contributed by atoms with Crippen LogP contribution in [-0.4, -0.2) is 29.0 Å². The standard InChI is InChI=1S/C10H12BrN3/c1-14(2)6-10-12-8-4-3-7(11)5-9(8)13-10/h3-5H,6H2,1-2H3,(H,12,13). The van der Waals surface area contributed by atoms with E-state index in [1.807, 2.05) is 32.3 Å². The van der Waals surface area contributed by atoms with Gasteiger partial charge in [-0.3, -0.25) is 0 Å². The van der Waals surface area contributed by atoms with Gasteiger partial charge in [-0.25, -0.2) is 4.98 Å². The van der Waals surface area contributed by atoms with Gasteiger partial charge in [0, 0.05) is 4.47 Å². The molecule has 0 saturated heterocycles. The van der Waals surface area contributed by atoms with Gasteiger partial charge in [-0.2, -0.15) is 0 Å². The van der Waals surface area contributed by atoms with E-state index in [2.05, 4.69) is 30.8 Å². The molecule has 0 amide bonds. The molecule has 1 aromatic heterocycles. The average molecular weight is 254 g/mol. The molecular formula is C10H12BrN3. The van der Waals surface area contributed by atoms with Gasteiger partial charge in [0.1, 0.15) is 5.82 Å². The van der Waals surface area contributed by atoms with E-state index in [0.717, 1.165) is 27.9 Å². The molecule has 0 aliphatic heterocycles. The van der Waals surface area contributed by atoms with Gasteiger partial charge in [-0.15, -0.1) is 0 Å². The Kier molecular flexibility index (Phi) is 2.56. The summed E-state index contributed by atoms with van der Waals surface area (Å²) in [6.07, 6.45) is 0. The van der Waals surface area contributed by atoms with Crippen LogP contribution in [0.4, 0.5) is 0 Å². The van der Waals surface area contributed by atoms with Gasteiger partial charge in [0.05, 0.1) is 17.6 Å². The molecule has 1 N–H and O–H groups in total. The van der Waals surface area contributed by atoms with Crippen LogP contribution in [0, 0.1) is 0 Å². The van der Waals surface area contributed by atoms with Crippen molar-refractivity contribution in [3.63, 3.8) is 0 Å². The van der Waals surface area contributed by atoms with Crippen molar-refractivity contribution in [2.75, 3.05) is 14.1 Å². The van der Waals surface area contributed by atoms with Crippen molar-refractivity contribution >= 4 is 27.0 Å². The molecule has 0 aliphatic rings. The minimum Gasteiger partial charge on any atom is -0.341 e. The van der Waals surface area contributed by atoms with Crippen LogP contribution < -0.4 is 0 Å². The first kappa shape index (κ1) is 9.68. The Bertz CT molecular complexity index is 448. The second-order valence-corrected chi connectivity index (χ2v) is 4.50. The number of fused-ring (bicyclic) bond motifs is 1. The van der Waals surface area contributed by atoms with E-state index in [1.54, 1.807) is 0 Å². The van der Waals surface area contributed by atoms with Crippen LogP contribution in [-0.2, 0) is 6.54 Å². The Morgan fingerprint density at radius 2 is 2.21 bits per heavy atom. The zero-order valence-electron chi connectivity index (χ0n) is 8.21. The minimum atomic E-state index is 0.840. The van der Waals surface area contributed by atoms with Crippen molar-refractivity contribution in [2.24, 2.45) is 0 Å². The Labute approximate surface area is 91.3 Å². The molecule has 2 rings (SSSR count). The van der Waals surface area contributed by atoms with Crippen LogP contribution in [0.3, 0.4) is 0 Å². The van der Waals surface area contributed by atoms with E-state index in [1.165, 1.54) is 0 Å². The predicted octanol–water partition coefficient (Wildman–Crippen LogP) is 2.39. The number of hydrogen-bond acceptors (Lipinski definition) is 2. The summed E-state index contributed by atoms with van der Waals surface area (Å²) < 4.78 is 1.07. The lowest BCUT2D eigenvalue weighted by Gasteiger charge is -2.04. The van der Waals surface area contributed by atoms with Crippen LogP contribution in [0.2, 0.25) is 0 Å². The first-order chi connectivity index (χ1) is 6.65. The zero-order chi connectivity index (χ0) is 10.1. The van der Waals surface area contributed by atoms with E-state index in [-0.39, 0.29) is 0 Å². The summed E-state index contributed by atoms with van der Waals surface area (Å²) in [5.74, 6) is 1.00. The first-order valence-corrected chi connectivity index (χ1v) is 5.23. The van der Waals surface area contributed by atoms with E-state index >= 15 is 0 Å². The summed E-state index contributed by atoms with van der Waals surface area (Å²) in [6, 6.07) is 6.05. The number of imidazole rings is 1. The Balaban J connectivity index is 2.41. The number of nitrogens with one attached hydrogen (secondary N) is 1. The molecule has 0 atom stereocenters. The minimum absolute atomic E-state index is 0.840. The SMILES string of the molecule is CN(C)Cc1nc2ccc(Br)cc2[nH]1. The zero-order valence-corrected chi connectivity index (χ0v) is 9.80. The molecule has 1 heterocycles. The molecule has 0 radical (unpaired) electrons. The fourth-order valence-electron chi connectivity index (χ4n) is 1.41. The fourth-order valence-corrected chi connectivity index (χ4v) is 1.77. The Morgan fingerprint density at radius 1 is 1.43 bits per heavy atom. The topological polar surface area (TPSA) is 31.9 Å². The molecule has 4 heteroatoms. The normalized spacial score (nSPS) is 11.4. The second kappa shape index (κ2) is 3.71. The Hall–Kier alpha value is -0.870. The maximum absolute atomic E-state index is 4.48. The van der Waals surface area contributed by atoms with E-state index in [0.29, 0.717) is 0 Å². The molecule has 0 saturated carbocycles. The number of rotatable bonds is 2. The molecule has 0 fully saturated rings. The van der Waals surface area contributed by atoms with Gasteiger partial charge in [0.25, 0.3) is 0 Å². The molecule has 0 bridgehead atoms. The number of H-pyrrole nitrogens is 1. The maximum atomic E-state index is 4.48. The third-order valence-electron chi connectivity index (χ3n) is 1.96. The summed E-state index contributed by atoms with van der Waals surface area (Å²) in [5.41, 5.74) is 2.10. The highest BCUT2D eigenvalue weighted by molar-refractivity contribution is 9.10. The van der Waals surface area contributed by atoms with Gasteiger partial charge in [-0.05, 0) is 32.3 Å². The first-order valence-electron chi connectivity index (χ1n) is 4.44. The molecule has 0 unspecified atom stereocenters. The van der Waals surface area contributed by atoms with Gasteiger partial charge in [0.15, 0.2) is 0 Å². The number of halogens is 1. The number of benzene rings is 1. The van der Waals surface area contributed by atoms with Gasteiger partial charge in [0.2, 0.25) is 0 Å². The third kappa shape index (κ3) is 1.96. The summed E-state index contributed by atoms with van der Waals surface area (Å²) in [4.78, 5) is 9.85. The lowest BCUT2D eigenvalue weighted by atomic mass is 10.3. The highest BCUT2D eigenvalue weighted by atomic mass is 79.9. The van der Waals surface area contributed by atoms with Crippen LogP contribution in [0.1, 0.15) is 5.82 Å². The van der Waals surface area contributed by atoms with Crippen molar-refractivity contribution in [1.82, 2.24) is 14.9 Å². The molecule has 2 aromatic rings. The van der Waals surface area contributed by atoms with E-state index in [4.69, 9.17) is 0 Å². The predicted molar refractivity (Wildman–Crippen MR) is 61.2 cm³/mol. The summed E-state index contributed by atoms with van der Waals surface area (Å²) in [7, 11) is 4.06. The van der Waals surface area contributed by atoms with Crippen molar-refractivity contribution < 1.29 is 0 Å². The van der Waals surface area contributed by atoms with E-state index < -0.39 is 0 Å². The second-order valence-electron chi connectivity index (χ2n) is 3.58. The summed E-state index contributed by atoms with van der Waals surface area (Å²) in [5, 5.41) is 0. The lowest BCUT2D eigenvalue weighted by molar-refractivity contribution is 0.392. The number of aromatic amines is 1. The fraction of sp³-hybridized carbons (Fsp3) is 0.300. The van der Waals surface area contributed by atoms with Crippen LogP contribution in [0.25, 0.3) is 11.0 Å². The molecule has 3 nitrogen and oxygen atoms in total. The van der Waals surface area contributed by atoms with Crippen molar-refractivity contribution in [3.8, 4) is 0 Å². The smallest absolute Gasteiger partial charge is 0.121 e. The number of nitrogens with zero attached hydrogens (tertiary/aromatic N) is 2. The molecule has 1 aromatic carbocycles. The van der Waals surface area contributed by atoms with Gasteiger partial charge < -0.3 is 9.88 Å². The van der Waals surface area contributed by atoms with Gasteiger partial charge in [-0.1, -0.05) is 15.9 Å². The largest absolute Gasteiger partial charge is 0.341 e. The van der Waals surface area contributed by atoms with Crippen LogP contribution in [0.5, 0.6) is 0 Å². The van der Waals surface area contributed by atoms with Crippen molar-refractivity contribution in [2.45, 2.75) is 6.54 Å². The van der Waals surface area contributed by atoms with Crippen molar-refractivity contribution in [3.05, 3.63) is 28.5 Å². The molecule has 74 valence electrons. The van der Waals surface area contributed by atoms with Crippen LogP contribution in [0.15, 0.2) is 22.7 Å². The Morgan fingerprint density at radius 3 is 2.93 bits per heavy atom. The van der Waals surface area contributed by atoms with Crippen LogP contribution >= 0.6 is 15.9 Å². The molecule has 0 spiro atoms. The quantitative estimate of drug-likeness (QED) is 0.892. The van der Waals surface area contributed by atoms with Crippen molar-refractivity contribution in [1.29, 1.82) is 0 Å². The number of aromatic nitrogens is 2.